The maximum atomic E-state index is 12.5. The zero-order valence-corrected chi connectivity index (χ0v) is 13.2. The third-order valence-corrected chi connectivity index (χ3v) is 4.05. The molecule has 4 rings (SSSR count). The van der Waals surface area contributed by atoms with E-state index in [9.17, 15) is 4.79 Å². The number of amides is 1. The molecule has 2 N–H and O–H groups in total. The van der Waals surface area contributed by atoms with E-state index in [1.807, 2.05) is 72.4 Å². The summed E-state index contributed by atoms with van der Waals surface area (Å²) in [5.74, 6) is -0.132. The zero-order valence-electron chi connectivity index (χ0n) is 13.2. The van der Waals surface area contributed by atoms with Crippen LogP contribution >= 0.6 is 0 Å². The summed E-state index contributed by atoms with van der Waals surface area (Å²) in [6, 6.07) is 17.1. The van der Waals surface area contributed by atoms with Gasteiger partial charge in [0.1, 0.15) is 0 Å². The van der Waals surface area contributed by atoms with Gasteiger partial charge in [0.2, 0.25) is 0 Å². The van der Waals surface area contributed by atoms with Gasteiger partial charge in [0.05, 0.1) is 11.4 Å². The Morgan fingerprint density at radius 2 is 1.92 bits per heavy atom. The Morgan fingerprint density at radius 3 is 2.67 bits per heavy atom. The standard InChI is InChI=1S/C19H16N4O/c1-13-9-12-21-23(13)15-7-5-14(6-8-15)19(24)22-18-4-2-3-17-16(18)10-11-20-17/h2-12,20H,1H3,(H,22,24). The average Bonchev–Trinajstić information content (AvgIpc) is 3.24. The summed E-state index contributed by atoms with van der Waals surface area (Å²) < 4.78 is 1.84. The Morgan fingerprint density at radius 1 is 1.08 bits per heavy atom. The maximum absolute atomic E-state index is 12.5. The number of hydrogen-bond donors (Lipinski definition) is 2. The summed E-state index contributed by atoms with van der Waals surface area (Å²) in [5, 5.41) is 8.24. The molecule has 0 aliphatic carbocycles. The van der Waals surface area contributed by atoms with Crippen LogP contribution in [0.5, 0.6) is 0 Å². The van der Waals surface area contributed by atoms with Gasteiger partial charge < -0.3 is 10.3 Å². The first-order chi connectivity index (χ1) is 11.7. The Bertz CT molecular complexity index is 1010. The van der Waals surface area contributed by atoms with Gasteiger partial charge in [0.25, 0.3) is 5.91 Å². The Hall–Kier alpha value is -3.34. The number of carbonyl (C=O) groups excluding carboxylic acids is 1. The van der Waals surface area contributed by atoms with Crippen LogP contribution < -0.4 is 5.32 Å². The van der Waals surface area contributed by atoms with Gasteiger partial charge in [0, 0.05) is 34.6 Å². The number of nitrogens with zero attached hydrogens (tertiary/aromatic N) is 2. The SMILES string of the molecule is Cc1ccnn1-c1ccc(C(=O)Nc2cccc3[nH]ccc23)cc1. The summed E-state index contributed by atoms with van der Waals surface area (Å²) in [5.41, 5.74) is 4.38. The number of hydrogen-bond acceptors (Lipinski definition) is 2. The van der Waals surface area contributed by atoms with Crippen LogP contribution in [-0.4, -0.2) is 20.7 Å². The highest BCUT2D eigenvalue weighted by Crippen LogP contribution is 2.23. The third-order valence-electron chi connectivity index (χ3n) is 4.05. The number of H-pyrrole nitrogens is 1. The van der Waals surface area contributed by atoms with Crippen LogP contribution in [0.2, 0.25) is 0 Å². The average molecular weight is 316 g/mol. The number of rotatable bonds is 3. The minimum atomic E-state index is -0.132. The number of aromatic amines is 1. The molecule has 5 nitrogen and oxygen atoms in total. The monoisotopic (exact) mass is 316 g/mol. The molecule has 0 unspecified atom stereocenters. The molecule has 2 heterocycles. The summed E-state index contributed by atoms with van der Waals surface area (Å²) in [6.45, 7) is 1.99. The number of aromatic nitrogens is 3. The molecule has 5 heteroatoms. The van der Waals surface area contributed by atoms with Gasteiger partial charge in [-0.3, -0.25) is 4.79 Å². The molecule has 0 atom stereocenters. The van der Waals surface area contributed by atoms with E-state index in [2.05, 4.69) is 15.4 Å². The first-order valence-corrected chi connectivity index (χ1v) is 7.71. The lowest BCUT2D eigenvalue weighted by Gasteiger charge is -2.08. The van der Waals surface area contributed by atoms with E-state index in [1.165, 1.54) is 0 Å². The van der Waals surface area contributed by atoms with Crippen molar-refractivity contribution in [1.29, 1.82) is 0 Å². The molecular weight excluding hydrogens is 300 g/mol. The number of anilines is 1. The van der Waals surface area contributed by atoms with Gasteiger partial charge >= 0.3 is 0 Å². The van der Waals surface area contributed by atoms with Crippen molar-refractivity contribution in [3.05, 3.63) is 78.2 Å². The zero-order chi connectivity index (χ0) is 16.5. The summed E-state index contributed by atoms with van der Waals surface area (Å²) in [6.07, 6.45) is 3.62. The molecule has 0 bridgehead atoms. The van der Waals surface area contributed by atoms with Crippen molar-refractivity contribution in [3.8, 4) is 5.69 Å². The number of aryl methyl sites for hydroxylation is 1. The largest absolute Gasteiger partial charge is 0.361 e. The smallest absolute Gasteiger partial charge is 0.255 e. The fraction of sp³-hybridized carbons (Fsp3) is 0.0526. The van der Waals surface area contributed by atoms with Crippen LogP contribution in [-0.2, 0) is 0 Å². The van der Waals surface area contributed by atoms with Crippen molar-refractivity contribution < 1.29 is 4.79 Å². The lowest BCUT2D eigenvalue weighted by Crippen LogP contribution is -2.12. The molecule has 118 valence electrons. The fourth-order valence-corrected chi connectivity index (χ4v) is 2.78. The van der Waals surface area contributed by atoms with Crippen LogP contribution in [0, 0.1) is 6.92 Å². The van der Waals surface area contributed by atoms with Crippen molar-refractivity contribution in [2.45, 2.75) is 6.92 Å². The molecular formula is C19H16N4O. The van der Waals surface area contributed by atoms with Crippen LogP contribution in [0.25, 0.3) is 16.6 Å². The van der Waals surface area contributed by atoms with E-state index in [0.717, 1.165) is 28.0 Å². The predicted octanol–water partition coefficient (Wildman–Crippen LogP) is 3.91. The predicted molar refractivity (Wildman–Crippen MR) is 94.6 cm³/mol. The minimum absolute atomic E-state index is 0.132. The van der Waals surface area contributed by atoms with Gasteiger partial charge in [-0.25, -0.2) is 4.68 Å². The molecule has 0 spiro atoms. The van der Waals surface area contributed by atoms with Gasteiger partial charge in [-0.2, -0.15) is 5.10 Å². The van der Waals surface area contributed by atoms with Gasteiger partial charge in [-0.05, 0) is 55.5 Å². The lowest BCUT2D eigenvalue weighted by molar-refractivity contribution is 0.102. The maximum Gasteiger partial charge on any atom is 0.255 e. The Balaban J connectivity index is 1.59. The first-order valence-electron chi connectivity index (χ1n) is 7.71. The van der Waals surface area contributed by atoms with E-state index in [1.54, 1.807) is 6.20 Å². The van der Waals surface area contributed by atoms with E-state index in [4.69, 9.17) is 0 Å². The van der Waals surface area contributed by atoms with Crippen molar-refractivity contribution in [1.82, 2.24) is 14.8 Å². The number of fused-ring (bicyclic) bond motifs is 1. The van der Waals surface area contributed by atoms with E-state index in [0.29, 0.717) is 5.56 Å². The van der Waals surface area contributed by atoms with Crippen LogP contribution in [0.4, 0.5) is 5.69 Å². The molecule has 1 amide bonds. The minimum Gasteiger partial charge on any atom is -0.361 e. The normalized spacial score (nSPS) is 10.9. The van der Waals surface area contributed by atoms with Gasteiger partial charge in [0.15, 0.2) is 0 Å². The van der Waals surface area contributed by atoms with Crippen molar-refractivity contribution in [2.75, 3.05) is 5.32 Å². The topological polar surface area (TPSA) is 62.7 Å². The summed E-state index contributed by atoms with van der Waals surface area (Å²) in [7, 11) is 0. The highest BCUT2D eigenvalue weighted by molar-refractivity contribution is 6.08. The van der Waals surface area contributed by atoms with E-state index >= 15 is 0 Å². The second kappa shape index (κ2) is 5.70. The van der Waals surface area contributed by atoms with Crippen molar-refractivity contribution >= 4 is 22.5 Å². The number of benzene rings is 2. The third kappa shape index (κ3) is 2.46. The van der Waals surface area contributed by atoms with E-state index in [-0.39, 0.29) is 5.91 Å². The molecule has 0 aliphatic rings. The number of carbonyl (C=O) groups is 1. The Labute approximate surface area is 138 Å². The van der Waals surface area contributed by atoms with Crippen LogP contribution in [0.15, 0.2) is 67.0 Å². The van der Waals surface area contributed by atoms with Crippen LogP contribution in [0.3, 0.4) is 0 Å². The molecule has 0 saturated carbocycles. The van der Waals surface area contributed by atoms with Gasteiger partial charge in [-0.15, -0.1) is 0 Å². The van der Waals surface area contributed by atoms with Crippen molar-refractivity contribution in [2.24, 2.45) is 0 Å². The molecule has 2 aromatic heterocycles. The molecule has 0 aliphatic heterocycles. The summed E-state index contributed by atoms with van der Waals surface area (Å²) in [4.78, 5) is 15.6. The molecule has 4 aromatic rings. The fourth-order valence-electron chi connectivity index (χ4n) is 2.78. The molecule has 2 aromatic carbocycles. The second-order valence-electron chi connectivity index (χ2n) is 5.63. The lowest BCUT2D eigenvalue weighted by atomic mass is 10.1. The van der Waals surface area contributed by atoms with Gasteiger partial charge in [-0.1, -0.05) is 6.07 Å². The number of nitrogens with one attached hydrogen (secondary N) is 2. The second-order valence-corrected chi connectivity index (χ2v) is 5.63. The molecule has 0 fully saturated rings. The molecule has 0 saturated heterocycles. The highest BCUT2D eigenvalue weighted by Gasteiger charge is 2.09. The summed E-state index contributed by atoms with van der Waals surface area (Å²) >= 11 is 0. The molecule has 24 heavy (non-hydrogen) atoms. The van der Waals surface area contributed by atoms with E-state index < -0.39 is 0 Å². The first kappa shape index (κ1) is 14.3. The van der Waals surface area contributed by atoms with Crippen LogP contribution in [0.1, 0.15) is 16.1 Å². The molecule has 0 radical (unpaired) electrons. The Kier molecular flexibility index (Phi) is 3.39. The van der Waals surface area contributed by atoms with Crippen molar-refractivity contribution in [3.63, 3.8) is 0 Å². The highest BCUT2D eigenvalue weighted by atomic mass is 16.1. The quantitative estimate of drug-likeness (QED) is 0.602.